The molecule has 2 aromatic rings. The molecule has 2 amide bonds. The largest absolute Gasteiger partial charge is 0.449 e. The van der Waals surface area contributed by atoms with Crippen LogP contribution >= 0.6 is 7.94 Å². The summed E-state index contributed by atoms with van der Waals surface area (Å²) in [6.07, 6.45) is 0.255. The van der Waals surface area contributed by atoms with Crippen LogP contribution in [0.2, 0.25) is 0 Å². The quantitative estimate of drug-likeness (QED) is 0.324. The first kappa shape index (κ1) is 27.0. The van der Waals surface area contributed by atoms with E-state index in [0.29, 0.717) is 11.1 Å². The predicted octanol–water partition coefficient (Wildman–Crippen LogP) is 2.92. The zero-order valence-electron chi connectivity index (χ0n) is 19.6. The Morgan fingerprint density at radius 2 is 1.51 bits per heavy atom. The minimum absolute atomic E-state index is 0.00411. The minimum atomic E-state index is -3.84. The van der Waals surface area contributed by atoms with Gasteiger partial charge in [0.2, 0.25) is 5.31 Å². The van der Waals surface area contributed by atoms with Crippen molar-refractivity contribution in [2.45, 2.75) is 26.3 Å². The van der Waals surface area contributed by atoms with Crippen LogP contribution in [0.4, 0.5) is 0 Å². The summed E-state index contributed by atoms with van der Waals surface area (Å²) in [5.74, 6) is -1.56. The highest BCUT2D eigenvalue weighted by Gasteiger charge is 2.51. The number of hydrogen-bond acceptors (Lipinski definition) is 7. The van der Waals surface area contributed by atoms with Gasteiger partial charge in [-0.15, -0.1) is 0 Å². The molecule has 0 aromatic heterocycles. The van der Waals surface area contributed by atoms with Gasteiger partial charge < -0.3 is 10.6 Å². The molecule has 1 aliphatic heterocycles. The highest BCUT2D eigenvalue weighted by Crippen LogP contribution is 2.68. The van der Waals surface area contributed by atoms with Crippen LogP contribution in [0.1, 0.15) is 36.2 Å². The summed E-state index contributed by atoms with van der Waals surface area (Å²) in [7, 11) is -7.10. The fourth-order valence-corrected chi connectivity index (χ4v) is 7.35. The van der Waals surface area contributed by atoms with E-state index in [2.05, 4.69) is 10.6 Å². The van der Waals surface area contributed by atoms with Gasteiger partial charge >= 0.3 is 7.94 Å². The molecule has 1 aliphatic rings. The van der Waals surface area contributed by atoms with E-state index in [0.717, 1.165) is 0 Å². The Balaban J connectivity index is 2.15. The number of nitrogens with one attached hydrogen (secondary N) is 2. The molecule has 3 rings (SSSR count). The molecule has 0 bridgehead atoms. The lowest BCUT2D eigenvalue weighted by atomic mass is 10.1. The zero-order chi connectivity index (χ0) is 25.5. The lowest BCUT2D eigenvalue weighted by molar-refractivity contribution is -0.118. The van der Waals surface area contributed by atoms with Crippen molar-refractivity contribution in [1.82, 2.24) is 10.6 Å². The number of hydrogen-bond donors (Lipinski definition) is 3. The van der Waals surface area contributed by atoms with E-state index < -0.39 is 35.6 Å². The highest BCUT2D eigenvalue weighted by molar-refractivity contribution is 7.91. The maximum atomic E-state index is 13.6. The van der Waals surface area contributed by atoms with E-state index in [9.17, 15) is 22.9 Å². The van der Waals surface area contributed by atoms with Crippen LogP contribution in [0.3, 0.4) is 0 Å². The van der Waals surface area contributed by atoms with E-state index in [1.165, 1.54) is 0 Å². The summed E-state index contributed by atoms with van der Waals surface area (Å²) in [4.78, 5) is 38.2. The Labute approximate surface area is 206 Å². The Morgan fingerprint density at radius 3 is 2.00 bits per heavy atom. The summed E-state index contributed by atoms with van der Waals surface area (Å²) < 4.78 is 35.2. The molecule has 188 valence electrons. The van der Waals surface area contributed by atoms with E-state index in [4.69, 9.17) is 9.05 Å². The van der Waals surface area contributed by atoms with E-state index in [1.807, 2.05) is 0 Å². The van der Waals surface area contributed by atoms with Crippen LogP contribution in [0, 0.1) is 0 Å². The van der Waals surface area contributed by atoms with Gasteiger partial charge in [0, 0.05) is 17.2 Å². The molecule has 11 heteroatoms. The molecule has 9 nitrogen and oxygen atoms in total. The van der Waals surface area contributed by atoms with E-state index in [-0.39, 0.29) is 42.2 Å². The predicted molar refractivity (Wildman–Crippen MR) is 135 cm³/mol. The molecule has 1 heterocycles. The van der Waals surface area contributed by atoms with Crippen molar-refractivity contribution in [2.75, 3.05) is 24.7 Å². The van der Waals surface area contributed by atoms with Crippen molar-refractivity contribution in [3.05, 3.63) is 77.5 Å². The third kappa shape index (κ3) is 6.96. The molecule has 2 aromatic carbocycles. The van der Waals surface area contributed by atoms with Gasteiger partial charge in [-0.2, -0.15) is 13.9 Å². The number of carbonyl (C=O) groups is 2. The topological polar surface area (TPSA) is 131 Å². The third-order valence-electron chi connectivity index (χ3n) is 5.24. The average molecular weight is 522 g/mol. The van der Waals surface area contributed by atoms with Gasteiger partial charge in [-0.05, 0) is 32.4 Å². The number of amides is 2. The molecule has 0 radical (unpaired) electrons. The van der Waals surface area contributed by atoms with Crippen molar-refractivity contribution in [3.63, 3.8) is 0 Å². The number of sulfone groups is 1. The molecule has 1 saturated heterocycles. The second-order valence-electron chi connectivity index (χ2n) is 7.84. The van der Waals surface area contributed by atoms with Gasteiger partial charge in [0.15, 0.2) is 15.5 Å². The van der Waals surface area contributed by atoms with Crippen molar-refractivity contribution < 1.29 is 31.9 Å². The van der Waals surface area contributed by atoms with Crippen LogP contribution in [-0.2, 0) is 23.7 Å². The third-order valence-corrected chi connectivity index (χ3v) is 9.28. The van der Waals surface area contributed by atoms with Crippen molar-refractivity contribution in [2.24, 2.45) is 0 Å². The summed E-state index contributed by atoms with van der Waals surface area (Å²) in [5.41, 5.74) is 0.457. The monoisotopic (exact) mass is 521 g/mol. The fourth-order valence-electron chi connectivity index (χ4n) is 3.73. The summed E-state index contributed by atoms with van der Waals surface area (Å²) in [6, 6.07) is 16.2. The van der Waals surface area contributed by atoms with Gasteiger partial charge in [0.05, 0.1) is 24.7 Å². The molecule has 0 spiro atoms. The molecule has 0 unspecified atom stereocenters. The smallest absolute Gasteiger partial charge is 0.347 e. The zero-order valence-corrected chi connectivity index (χ0v) is 21.3. The van der Waals surface area contributed by atoms with Gasteiger partial charge in [0.1, 0.15) is 0 Å². The molecule has 0 saturated carbocycles. The van der Waals surface area contributed by atoms with Gasteiger partial charge in [-0.3, -0.25) is 9.59 Å². The maximum Gasteiger partial charge on any atom is 0.449 e. The highest BCUT2D eigenvalue weighted by atomic mass is 32.2. The molecular weight excluding hydrogens is 491 g/mol. The van der Waals surface area contributed by atoms with Gasteiger partial charge in [0.25, 0.3) is 11.8 Å². The second kappa shape index (κ2) is 11.9. The standard InChI is InChI=1S/C24H29N2O7PS/c1-3-32-34(29,33-4-2)22(18-11-7-5-8-12-18)21(26-23(27)19-13-9-6-10-14-19)24(28)25-20-15-16-35(30,31)17-20/h5-14,20,29H,3-4,15-17H2,1-2H3,(H-,25,26,27,28)/p+1/b22-21+/t20-/m0/s1. The first-order chi connectivity index (χ1) is 16.7. The first-order valence-corrected chi connectivity index (χ1v) is 14.7. The van der Waals surface area contributed by atoms with Crippen molar-refractivity contribution in [1.29, 1.82) is 0 Å². The molecule has 1 fully saturated rings. The lowest BCUT2D eigenvalue weighted by Gasteiger charge is -2.22. The Hall–Kier alpha value is -2.62. The first-order valence-electron chi connectivity index (χ1n) is 11.3. The molecular formula is C24H30N2O7PS+. The summed E-state index contributed by atoms with van der Waals surface area (Å²) >= 11 is 0. The van der Waals surface area contributed by atoms with Crippen molar-refractivity contribution in [3.8, 4) is 0 Å². The Kier molecular flexibility index (Phi) is 9.15. The van der Waals surface area contributed by atoms with Crippen LogP contribution < -0.4 is 10.6 Å². The van der Waals surface area contributed by atoms with Crippen molar-refractivity contribution >= 4 is 34.9 Å². The maximum absolute atomic E-state index is 13.6. The summed E-state index contributed by atoms with van der Waals surface area (Å²) in [6.45, 7) is 3.53. The van der Waals surface area contributed by atoms with Crippen LogP contribution in [0.25, 0.3) is 5.31 Å². The molecule has 0 aliphatic carbocycles. The normalized spacial score (nSPS) is 18.0. The van der Waals surface area contributed by atoms with E-state index >= 15 is 0 Å². The van der Waals surface area contributed by atoms with Crippen LogP contribution in [0.5, 0.6) is 0 Å². The molecule has 35 heavy (non-hydrogen) atoms. The number of carbonyl (C=O) groups excluding carboxylic acids is 2. The summed E-state index contributed by atoms with van der Waals surface area (Å²) in [5, 5.41) is 5.34. The van der Waals surface area contributed by atoms with E-state index in [1.54, 1.807) is 74.5 Å². The molecule has 3 N–H and O–H groups in total. The molecule has 1 atom stereocenters. The number of rotatable bonds is 10. The van der Waals surface area contributed by atoms with Gasteiger partial charge in [-0.1, -0.05) is 48.5 Å². The Bertz CT molecular complexity index is 1160. The SMILES string of the molecule is CCO[P+](O)(OCC)/C(=C(/NC(=O)c1ccccc1)C(=O)N[C@H]1CCS(=O)(=O)C1)c1ccccc1. The minimum Gasteiger partial charge on any atom is -0.347 e. The Morgan fingerprint density at radius 1 is 0.971 bits per heavy atom. The second-order valence-corrected chi connectivity index (χ2v) is 12.1. The average Bonchev–Trinajstić information content (AvgIpc) is 3.18. The number of benzene rings is 2. The van der Waals surface area contributed by atoms with Gasteiger partial charge in [-0.25, -0.2) is 8.42 Å². The van der Waals surface area contributed by atoms with Crippen LogP contribution in [-0.4, -0.2) is 55.9 Å². The van der Waals surface area contributed by atoms with Crippen LogP contribution in [0.15, 0.2) is 66.4 Å². The lowest BCUT2D eigenvalue weighted by Crippen LogP contribution is -2.41. The fraction of sp³-hybridized carbons (Fsp3) is 0.333.